The lowest BCUT2D eigenvalue weighted by Gasteiger charge is -2.17. The highest BCUT2D eigenvalue weighted by Gasteiger charge is 2.28. The summed E-state index contributed by atoms with van der Waals surface area (Å²) in [5.74, 6) is -0.983. The molecule has 5 heteroatoms. The van der Waals surface area contributed by atoms with Gasteiger partial charge in [-0.2, -0.15) is 0 Å². The van der Waals surface area contributed by atoms with E-state index in [0.29, 0.717) is 18.7 Å². The normalized spacial score (nSPS) is 19.3. The van der Waals surface area contributed by atoms with Gasteiger partial charge in [-0.05, 0) is 11.1 Å². The first-order chi connectivity index (χ1) is 8.56. The van der Waals surface area contributed by atoms with Gasteiger partial charge in [-0.25, -0.2) is 0 Å². The molecule has 5 nitrogen and oxygen atoms in total. The number of amides is 1. The van der Waals surface area contributed by atoms with Crippen molar-refractivity contribution < 1.29 is 19.8 Å². The molecule has 1 aromatic carbocycles. The zero-order valence-corrected chi connectivity index (χ0v) is 9.87. The molecule has 0 spiro atoms. The summed E-state index contributed by atoms with van der Waals surface area (Å²) >= 11 is 0. The van der Waals surface area contributed by atoms with Crippen LogP contribution < -0.4 is 0 Å². The Balaban J connectivity index is 2.13. The molecule has 2 N–H and O–H groups in total. The van der Waals surface area contributed by atoms with Crippen LogP contribution in [0.15, 0.2) is 24.3 Å². The Kier molecular flexibility index (Phi) is 3.62. The van der Waals surface area contributed by atoms with Crippen LogP contribution in [0.4, 0.5) is 0 Å². The summed E-state index contributed by atoms with van der Waals surface area (Å²) in [6.45, 7) is 0.680. The van der Waals surface area contributed by atoms with E-state index in [2.05, 4.69) is 0 Å². The van der Waals surface area contributed by atoms with Gasteiger partial charge >= 0.3 is 5.97 Å². The summed E-state index contributed by atoms with van der Waals surface area (Å²) in [6, 6.07) is 7.16. The number of likely N-dealkylation sites (tertiary alicyclic amines) is 1. The standard InChI is InChI=1S/C13H15NO4/c15-11-6-12(16)14(8-11)7-10-4-2-1-3-9(10)5-13(17)18/h1-4,11,15H,5-8H2,(H,17,18). The topological polar surface area (TPSA) is 77.8 Å². The van der Waals surface area contributed by atoms with Crippen molar-refractivity contribution in [3.63, 3.8) is 0 Å². The Morgan fingerprint density at radius 1 is 1.33 bits per heavy atom. The van der Waals surface area contributed by atoms with Crippen LogP contribution in [-0.4, -0.2) is 39.6 Å². The Morgan fingerprint density at radius 3 is 2.56 bits per heavy atom. The second kappa shape index (κ2) is 5.18. The Hall–Kier alpha value is -1.88. The number of nitrogens with zero attached hydrogens (tertiary/aromatic N) is 1. The predicted octanol–water partition coefficient (Wildman–Crippen LogP) is 0.407. The van der Waals surface area contributed by atoms with Crippen LogP contribution in [0.25, 0.3) is 0 Å². The van der Waals surface area contributed by atoms with Gasteiger partial charge in [-0.1, -0.05) is 24.3 Å². The van der Waals surface area contributed by atoms with Crippen molar-refractivity contribution in [3.05, 3.63) is 35.4 Å². The molecule has 18 heavy (non-hydrogen) atoms. The SMILES string of the molecule is O=C(O)Cc1ccccc1CN1CC(O)CC1=O. The summed E-state index contributed by atoms with van der Waals surface area (Å²) in [5, 5.41) is 18.2. The molecule has 0 saturated carbocycles. The maximum Gasteiger partial charge on any atom is 0.307 e. The zero-order chi connectivity index (χ0) is 13.1. The second-order valence-corrected chi connectivity index (χ2v) is 4.47. The molecule has 0 aromatic heterocycles. The van der Waals surface area contributed by atoms with Crippen molar-refractivity contribution in [1.82, 2.24) is 4.90 Å². The quantitative estimate of drug-likeness (QED) is 0.810. The maximum absolute atomic E-state index is 11.6. The summed E-state index contributed by atoms with van der Waals surface area (Å²) < 4.78 is 0. The molecular formula is C13H15NO4. The number of carbonyl (C=O) groups excluding carboxylic acids is 1. The fraction of sp³-hybridized carbons (Fsp3) is 0.385. The Morgan fingerprint density at radius 2 is 2.00 bits per heavy atom. The third kappa shape index (κ3) is 2.87. The lowest BCUT2D eigenvalue weighted by molar-refractivity contribution is -0.136. The van der Waals surface area contributed by atoms with Crippen molar-refractivity contribution in [1.29, 1.82) is 0 Å². The number of benzene rings is 1. The fourth-order valence-corrected chi connectivity index (χ4v) is 2.16. The average molecular weight is 249 g/mol. The number of aliphatic hydroxyl groups is 1. The molecule has 1 amide bonds. The molecule has 1 fully saturated rings. The van der Waals surface area contributed by atoms with Gasteiger partial charge in [-0.3, -0.25) is 9.59 Å². The number of aliphatic carboxylic acids is 1. The average Bonchev–Trinajstić information content (AvgIpc) is 2.59. The third-order valence-electron chi connectivity index (χ3n) is 3.02. The molecule has 0 aliphatic carbocycles. The van der Waals surface area contributed by atoms with Gasteiger partial charge < -0.3 is 15.1 Å². The van der Waals surface area contributed by atoms with Crippen LogP contribution in [0, 0.1) is 0 Å². The monoisotopic (exact) mass is 249 g/mol. The fourth-order valence-electron chi connectivity index (χ4n) is 2.16. The maximum atomic E-state index is 11.6. The number of carbonyl (C=O) groups is 2. The van der Waals surface area contributed by atoms with Gasteiger partial charge in [0.05, 0.1) is 18.9 Å². The summed E-state index contributed by atoms with van der Waals surface area (Å²) in [7, 11) is 0. The van der Waals surface area contributed by atoms with E-state index in [0.717, 1.165) is 5.56 Å². The van der Waals surface area contributed by atoms with Crippen LogP contribution in [0.1, 0.15) is 17.5 Å². The van der Waals surface area contributed by atoms with Crippen LogP contribution in [0.5, 0.6) is 0 Å². The second-order valence-electron chi connectivity index (χ2n) is 4.47. The van der Waals surface area contributed by atoms with Gasteiger partial charge in [0.2, 0.25) is 5.91 Å². The number of rotatable bonds is 4. The van der Waals surface area contributed by atoms with E-state index < -0.39 is 12.1 Å². The zero-order valence-electron chi connectivity index (χ0n) is 9.87. The molecule has 2 rings (SSSR count). The van der Waals surface area contributed by atoms with Crippen LogP contribution in [0.3, 0.4) is 0 Å². The van der Waals surface area contributed by atoms with Gasteiger partial charge in [0.1, 0.15) is 0 Å². The van der Waals surface area contributed by atoms with Crippen LogP contribution >= 0.6 is 0 Å². The number of carboxylic acid groups (broad SMARTS) is 1. The lowest BCUT2D eigenvalue weighted by atomic mass is 10.0. The van der Waals surface area contributed by atoms with Gasteiger partial charge in [-0.15, -0.1) is 0 Å². The molecule has 1 atom stereocenters. The molecular weight excluding hydrogens is 234 g/mol. The largest absolute Gasteiger partial charge is 0.481 e. The summed E-state index contributed by atoms with van der Waals surface area (Å²) in [4.78, 5) is 23.9. The molecule has 1 aromatic rings. The minimum absolute atomic E-state index is 0.0548. The molecule has 0 radical (unpaired) electrons. The molecule has 1 unspecified atom stereocenters. The van der Waals surface area contributed by atoms with E-state index in [1.165, 1.54) is 0 Å². The number of hydrogen-bond donors (Lipinski definition) is 2. The minimum Gasteiger partial charge on any atom is -0.481 e. The van der Waals surface area contributed by atoms with Crippen molar-refractivity contribution in [2.75, 3.05) is 6.54 Å². The van der Waals surface area contributed by atoms with E-state index in [1.54, 1.807) is 17.0 Å². The number of β-amino-alcohol motifs (C(OH)–C–C–N with tert-alkyl or cyclic N) is 1. The van der Waals surface area contributed by atoms with Gasteiger partial charge in [0.15, 0.2) is 0 Å². The lowest BCUT2D eigenvalue weighted by Crippen LogP contribution is -2.26. The van der Waals surface area contributed by atoms with Crippen molar-refractivity contribution in [3.8, 4) is 0 Å². The van der Waals surface area contributed by atoms with Gasteiger partial charge in [0, 0.05) is 13.1 Å². The molecule has 1 aliphatic rings. The summed E-state index contributed by atoms with van der Waals surface area (Å²) in [6.07, 6.45) is -0.508. The number of carboxylic acids is 1. The Labute approximate surface area is 105 Å². The van der Waals surface area contributed by atoms with Crippen molar-refractivity contribution >= 4 is 11.9 Å². The van der Waals surface area contributed by atoms with E-state index in [9.17, 15) is 14.7 Å². The van der Waals surface area contributed by atoms with E-state index in [4.69, 9.17) is 5.11 Å². The van der Waals surface area contributed by atoms with E-state index >= 15 is 0 Å². The van der Waals surface area contributed by atoms with Gasteiger partial charge in [0.25, 0.3) is 0 Å². The van der Waals surface area contributed by atoms with Crippen LogP contribution in [0.2, 0.25) is 0 Å². The number of hydrogen-bond acceptors (Lipinski definition) is 3. The van der Waals surface area contributed by atoms with E-state index in [-0.39, 0.29) is 18.7 Å². The first-order valence-corrected chi connectivity index (χ1v) is 5.80. The Bertz CT molecular complexity index is 472. The van der Waals surface area contributed by atoms with Crippen LogP contribution in [-0.2, 0) is 22.6 Å². The number of aliphatic hydroxyl groups excluding tert-OH is 1. The molecule has 1 heterocycles. The highest BCUT2D eigenvalue weighted by atomic mass is 16.4. The molecule has 1 aliphatic heterocycles. The first kappa shape index (κ1) is 12.6. The smallest absolute Gasteiger partial charge is 0.307 e. The minimum atomic E-state index is -0.893. The summed E-state index contributed by atoms with van der Waals surface area (Å²) in [5.41, 5.74) is 1.53. The molecule has 1 saturated heterocycles. The highest BCUT2D eigenvalue weighted by Crippen LogP contribution is 2.18. The third-order valence-corrected chi connectivity index (χ3v) is 3.02. The molecule has 0 bridgehead atoms. The predicted molar refractivity (Wildman–Crippen MR) is 63.8 cm³/mol. The van der Waals surface area contributed by atoms with E-state index in [1.807, 2.05) is 12.1 Å². The highest BCUT2D eigenvalue weighted by molar-refractivity contribution is 5.79. The van der Waals surface area contributed by atoms with Crippen molar-refractivity contribution in [2.24, 2.45) is 0 Å². The first-order valence-electron chi connectivity index (χ1n) is 5.80. The molecule has 96 valence electrons. The van der Waals surface area contributed by atoms with Crippen molar-refractivity contribution in [2.45, 2.75) is 25.5 Å².